The molecule has 8 heteroatoms. The Labute approximate surface area is 159 Å². The number of aryl methyl sites for hydroxylation is 1. The molecule has 27 heavy (non-hydrogen) atoms. The van der Waals surface area contributed by atoms with Gasteiger partial charge in [0.2, 0.25) is 6.10 Å². The third-order valence-electron chi connectivity index (χ3n) is 5.57. The third kappa shape index (κ3) is 3.57. The maximum atomic E-state index is 12.9. The van der Waals surface area contributed by atoms with Crippen molar-refractivity contribution in [3.8, 4) is 0 Å². The van der Waals surface area contributed by atoms with E-state index in [1.54, 1.807) is 0 Å². The molecule has 1 fully saturated rings. The number of likely N-dealkylation sites (tertiary alicyclic amines) is 1. The second-order valence-corrected chi connectivity index (χ2v) is 7.89. The fourth-order valence-electron chi connectivity index (χ4n) is 3.91. The molecule has 0 saturated carbocycles. The highest BCUT2D eigenvalue weighted by Crippen LogP contribution is 2.22. The second kappa shape index (κ2) is 7.32. The Balaban J connectivity index is 1.45. The standard InChI is InChI=1S/C19H27N5O3/c1-13(2)15-11-17(27-21-15)19(26)23-8-5-9-24-14(12-23)10-16(20-24)18(25)22-6-3-4-7-22/h10,13,17H,3-9,11-12H2,1-2H3/t17-/m1/s1. The highest BCUT2D eigenvalue weighted by atomic mass is 16.6. The predicted octanol–water partition coefficient (Wildman–Crippen LogP) is 1.65. The highest BCUT2D eigenvalue weighted by molar-refractivity contribution is 5.94. The molecule has 4 heterocycles. The first-order chi connectivity index (χ1) is 13.0. The maximum Gasteiger partial charge on any atom is 0.274 e. The van der Waals surface area contributed by atoms with E-state index < -0.39 is 6.10 Å². The Morgan fingerprint density at radius 3 is 2.56 bits per heavy atom. The van der Waals surface area contributed by atoms with E-state index in [2.05, 4.69) is 24.1 Å². The van der Waals surface area contributed by atoms with Crippen LogP contribution in [0.15, 0.2) is 11.2 Å². The summed E-state index contributed by atoms with van der Waals surface area (Å²) < 4.78 is 1.88. The van der Waals surface area contributed by atoms with Gasteiger partial charge in [0.15, 0.2) is 5.69 Å². The molecule has 3 aliphatic rings. The van der Waals surface area contributed by atoms with Gasteiger partial charge in [-0.2, -0.15) is 5.10 Å². The largest absolute Gasteiger partial charge is 0.382 e. The first-order valence-electron chi connectivity index (χ1n) is 9.90. The lowest BCUT2D eigenvalue weighted by molar-refractivity contribution is -0.142. The molecule has 1 aromatic rings. The summed E-state index contributed by atoms with van der Waals surface area (Å²) in [5.74, 6) is 0.254. The lowest BCUT2D eigenvalue weighted by Crippen LogP contribution is -2.39. The van der Waals surface area contributed by atoms with Crippen LogP contribution in [0.5, 0.6) is 0 Å². The van der Waals surface area contributed by atoms with Crippen LogP contribution in [0, 0.1) is 5.92 Å². The van der Waals surface area contributed by atoms with Crippen molar-refractivity contribution in [2.24, 2.45) is 11.1 Å². The Morgan fingerprint density at radius 1 is 1.11 bits per heavy atom. The van der Waals surface area contributed by atoms with Gasteiger partial charge in [-0.15, -0.1) is 0 Å². The minimum absolute atomic E-state index is 0.0000476. The molecule has 2 amide bonds. The van der Waals surface area contributed by atoms with Crippen LogP contribution in [0.4, 0.5) is 0 Å². The molecule has 0 radical (unpaired) electrons. The molecule has 0 aromatic carbocycles. The summed E-state index contributed by atoms with van der Waals surface area (Å²) in [6, 6.07) is 1.85. The van der Waals surface area contributed by atoms with Crippen LogP contribution >= 0.6 is 0 Å². The summed E-state index contributed by atoms with van der Waals surface area (Å²) in [6.07, 6.45) is 2.96. The molecule has 3 aliphatic heterocycles. The summed E-state index contributed by atoms with van der Waals surface area (Å²) in [6.45, 7) is 7.55. The van der Waals surface area contributed by atoms with Crippen LogP contribution in [0.3, 0.4) is 0 Å². The quantitative estimate of drug-likeness (QED) is 0.807. The monoisotopic (exact) mass is 373 g/mol. The third-order valence-corrected chi connectivity index (χ3v) is 5.57. The fourth-order valence-corrected chi connectivity index (χ4v) is 3.91. The van der Waals surface area contributed by atoms with E-state index in [0.29, 0.717) is 31.7 Å². The Morgan fingerprint density at radius 2 is 1.85 bits per heavy atom. The molecule has 0 spiro atoms. The van der Waals surface area contributed by atoms with Gasteiger partial charge < -0.3 is 14.6 Å². The molecular formula is C19H27N5O3. The summed E-state index contributed by atoms with van der Waals surface area (Å²) in [5, 5.41) is 8.59. The lowest BCUT2D eigenvalue weighted by Gasteiger charge is -2.22. The maximum absolute atomic E-state index is 12.9. The van der Waals surface area contributed by atoms with Crippen LogP contribution in [-0.2, 0) is 22.7 Å². The molecule has 0 N–H and O–H groups in total. The number of carbonyl (C=O) groups is 2. The number of carbonyl (C=O) groups excluding carboxylic acids is 2. The van der Waals surface area contributed by atoms with Crippen molar-refractivity contribution in [2.45, 2.75) is 58.7 Å². The molecule has 4 rings (SSSR count). The Kier molecular flexibility index (Phi) is 4.88. The minimum Gasteiger partial charge on any atom is -0.382 e. The number of amides is 2. The van der Waals surface area contributed by atoms with Gasteiger partial charge in [-0.25, -0.2) is 0 Å². The van der Waals surface area contributed by atoms with E-state index in [1.165, 1.54) is 0 Å². The topological polar surface area (TPSA) is 80.0 Å². The van der Waals surface area contributed by atoms with Crippen LogP contribution in [0.25, 0.3) is 0 Å². The fraction of sp³-hybridized carbons (Fsp3) is 0.684. The number of aromatic nitrogens is 2. The van der Waals surface area contributed by atoms with Gasteiger partial charge >= 0.3 is 0 Å². The molecule has 146 valence electrons. The van der Waals surface area contributed by atoms with E-state index in [0.717, 1.165) is 43.8 Å². The smallest absolute Gasteiger partial charge is 0.274 e. The van der Waals surface area contributed by atoms with E-state index >= 15 is 0 Å². The van der Waals surface area contributed by atoms with Gasteiger partial charge in [-0.3, -0.25) is 14.3 Å². The Hall–Kier alpha value is -2.38. The van der Waals surface area contributed by atoms with Crippen molar-refractivity contribution in [1.82, 2.24) is 19.6 Å². The van der Waals surface area contributed by atoms with Crippen molar-refractivity contribution < 1.29 is 14.4 Å². The van der Waals surface area contributed by atoms with Gasteiger partial charge in [0, 0.05) is 32.6 Å². The van der Waals surface area contributed by atoms with Crippen molar-refractivity contribution in [1.29, 1.82) is 0 Å². The van der Waals surface area contributed by atoms with Crippen molar-refractivity contribution in [3.05, 3.63) is 17.5 Å². The summed E-state index contributed by atoms with van der Waals surface area (Å²) >= 11 is 0. The van der Waals surface area contributed by atoms with Crippen LogP contribution < -0.4 is 0 Å². The lowest BCUT2D eigenvalue weighted by atomic mass is 10.0. The predicted molar refractivity (Wildman–Crippen MR) is 99.2 cm³/mol. The molecule has 8 nitrogen and oxygen atoms in total. The van der Waals surface area contributed by atoms with Gasteiger partial charge in [-0.1, -0.05) is 19.0 Å². The molecule has 0 aliphatic carbocycles. The SMILES string of the molecule is CC(C)C1=NO[C@@H](C(=O)N2CCCn3nc(C(=O)N4CCCC4)cc3C2)C1. The van der Waals surface area contributed by atoms with E-state index in [1.807, 2.05) is 20.5 Å². The van der Waals surface area contributed by atoms with E-state index in [9.17, 15) is 9.59 Å². The summed E-state index contributed by atoms with van der Waals surface area (Å²) in [5.41, 5.74) is 2.34. The van der Waals surface area contributed by atoms with Gasteiger partial charge in [-0.05, 0) is 31.2 Å². The number of nitrogens with zero attached hydrogens (tertiary/aromatic N) is 5. The van der Waals surface area contributed by atoms with E-state index in [-0.39, 0.29) is 17.7 Å². The van der Waals surface area contributed by atoms with Crippen molar-refractivity contribution in [2.75, 3.05) is 19.6 Å². The second-order valence-electron chi connectivity index (χ2n) is 7.89. The zero-order valence-electron chi connectivity index (χ0n) is 16.1. The van der Waals surface area contributed by atoms with Crippen LogP contribution in [0.2, 0.25) is 0 Å². The zero-order valence-corrected chi connectivity index (χ0v) is 16.1. The first kappa shape index (κ1) is 18.0. The minimum atomic E-state index is -0.525. The van der Waals surface area contributed by atoms with Crippen LogP contribution in [0.1, 0.15) is 55.7 Å². The molecular weight excluding hydrogens is 346 g/mol. The zero-order chi connectivity index (χ0) is 19.0. The summed E-state index contributed by atoms with van der Waals surface area (Å²) in [4.78, 5) is 34.6. The number of rotatable bonds is 3. The number of oxime groups is 1. The Bertz CT molecular complexity index is 763. The summed E-state index contributed by atoms with van der Waals surface area (Å²) in [7, 11) is 0. The van der Waals surface area contributed by atoms with Gasteiger partial charge in [0.25, 0.3) is 11.8 Å². The molecule has 1 saturated heterocycles. The number of hydrogen-bond donors (Lipinski definition) is 0. The normalized spacial score (nSPS) is 22.5. The number of hydrogen-bond acceptors (Lipinski definition) is 5. The molecule has 0 bridgehead atoms. The molecule has 1 aromatic heterocycles. The first-order valence-corrected chi connectivity index (χ1v) is 9.90. The molecule has 1 atom stereocenters. The average Bonchev–Trinajstić information content (AvgIpc) is 3.39. The van der Waals surface area contributed by atoms with Gasteiger partial charge in [0.1, 0.15) is 0 Å². The van der Waals surface area contributed by atoms with Crippen molar-refractivity contribution >= 4 is 17.5 Å². The highest BCUT2D eigenvalue weighted by Gasteiger charge is 2.34. The van der Waals surface area contributed by atoms with E-state index in [4.69, 9.17) is 4.84 Å². The van der Waals surface area contributed by atoms with Crippen molar-refractivity contribution in [3.63, 3.8) is 0 Å². The average molecular weight is 373 g/mol. The molecule has 0 unspecified atom stereocenters. The van der Waals surface area contributed by atoms with Crippen LogP contribution in [-0.4, -0.2) is 62.8 Å². The van der Waals surface area contributed by atoms with Gasteiger partial charge in [0.05, 0.1) is 18.0 Å². The number of fused-ring (bicyclic) bond motifs is 1.